The van der Waals surface area contributed by atoms with Crippen LogP contribution in [-0.2, 0) is 13.0 Å². The van der Waals surface area contributed by atoms with Gasteiger partial charge in [0.1, 0.15) is 22.5 Å². The second kappa shape index (κ2) is 15.0. The van der Waals surface area contributed by atoms with Crippen molar-refractivity contribution < 1.29 is 18.6 Å². The minimum atomic E-state index is -0.680. The first-order chi connectivity index (χ1) is 17.8. The normalized spacial score (nSPS) is 15.4. The molecule has 204 valence electrons. The van der Waals surface area contributed by atoms with Crippen LogP contribution < -0.4 is 4.74 Å². The fourth-order valence-corrected chi connectivity index (χ4v) is 4.53. The van der Waals surface area contributed by atoms with E-state index in [9.17, 15) is 13.9 Å². The quantitative estimate of drug-likeness (QED) is 0.380. The van der Waals surface area contributed by atoms with E-state index in [2.05, 4.69) is 28.8 Å². The molecule has 6 nitrogen and oxygen atoms in total. The Morgan fingerprint density at radius 3 is 2.43 bits per heavy atom. The number of aliphatic hydroxyl groups is 1. The second-order valence-corrected chi connectivity index (χ2v) is 9.27. The Kier molecular flexibility index (Phi) is 12.4. The van der Waals surface area contributed by atoms with E-state index >= 15 is 0 Å². The van der Waals surface area contributed by atoms with Gasteiger partial charge >= 0.3 is 0 Å². The molecule has 3 aromatic rings. The maximum atomic E-state index is 14.4. The number of nitrogens with zero attached hydrogens (tertiary/aromatic N) is 4. The number of methoxy groups -OCH3 is 1. The van der Waals surface area contributed by atoms with Crippen molar-refractivity contribution in [3.8, 4) is 23.0 Å². The summed E-state index contributed by atoms with van der Waals surface area (Å²) in [5.41, 5.74) is 1.52. The number of hydrogen-bond acceptors (Lipinski definition) is 5. The van der Waals surface area contributed by atoms with Crippen LogP contribution in [0.1, 0.15) is 58.2 Å². The smallest absolute Gasteiger partial charge is 0.250 e. The summed E-state index contributed by atoms with van der Waals surface area (Å²) in [5, 5.41) is 9.61. The summed E-state index contributed by atoms with van der Waals surface area (Å²) < 4.78 is 34.8. The van der Waals surface area contributed by atoms with Crippen LogP contribution >= 0.6 is 11.6 Å². The topological polar surface area (TPSA) is 63.4 Å². The highest BCUT2D eigenvalue weighted by molar-refractivity contribution is 6.30. The van der Waals surface area contributed by atoms with Crippen LogP contribution in [0.2, 0.25) is 5.15 Å². The summed E-state index contributed by atoms with van der Waals surface area (Å²) >= 11 is 6.33. The van der Waals surface area contributed by atoms with Crippen LogP contribution in [0.25, 0.3) is 17.1 Å². The van der Waals surface area contributed by atoms with Crippen molar-refractivity contribution in [2.45, 2.75) is 60.0 Å². The highest BCUT2D eigenvalue weighted by Crippen LogP contribution is 2.32. The van der Waals surface area contributed by atoms with Crippen molar-refractivity contribution in [3.05, 3.63) is 58.5 Å². The number of imidazole rings is 1. The highest BCUT2D eigenvalue weighted by Gasteiger charge is 2.20. The van der Waals surface area contributed by atoms with Crippen LogP contribution in [0.5, 0.6) is 5.88 Å². The highest BCUT2D eigenvalue weighted by atomic mass is 35.5. The van der Waals surface area contributed by atoms with Gasteiger partial charge < -0.3 is 14.7 Å². The van der Waals surface area contributed by atoms with E-state index < -0.39 is 12.4 Å². The molecule has 0 aliphatic carbocycles. The molecule has 3 heterocycles. The minimum absolute atomic E-state index is 0.0944. The first-order valence-corrected chi connectivity index (χ1v) is 13.2. The average Bonchev–Trinajstić information content (AvgIpc) is 3.23. The maximum Gasteiger partial charge on any atom is 0.250 e. The van der Waals surface area contributed by atoms with Crippen molar-refractivity contribution in [2.24, 2.45) is 5.92 Å². The average molecular weight is 537 g/mol. The Labute approximate surface area is 224 Å². The third kappa shape index (κ3) is 7.97. The van der Waals surface area contributed by atoms with E-state index in [1.807, 2.05) is 20.8 Å². The fourth-order valence-electron chi connectivity index (χ4n) is 4.25. The predicted molar refractivity (Wildman–Crippen MR) is 145 cm³/mol. The number of aryl methyl sites for hydroxylation is 1. The van der Waals surface area contributed by atoms with Gasteiger partial charge in [0, 0.05) is 18.2 Å². The zero-order chi connectivity index (χ0) is 27.5. The molecule has 1 N–H and O–H groups in total. The molecule has 0 bridgehead atoms. The lowest BCUT2D eigenvalue weighted by molar-refractivity contribution is 0.221. The van der Waals surface area contributed by atoms with Gasteiger partial charge in [0.2, 0.25) is 5.88 Å². The number of halogens is 3. The Hall–Kier alpha value is -2.55. The van der Waals surface area contributed by atoms with Crippen molar-refractivity contribution in [1.82, 2.24) is 19.4 Å². The molecule has 0 saturated carbocycles. The van der Waals surface area contributed by atoms with E-state index in [1.54, 1.807) is 12.1 Å². The van der Waals surface area contributed by atoms with Gasteiger partial charge in [-0.05, 0) is 50.4 Å². The molecule has 37 heavy (non-hydrogen) atoms. The van der Waals surface area contributed by atoms with E-state index in [0.29, 0.717) is 17.5 Å². The van der Waals surface area contributed by atoms with Crippen LogP contribution in [-0.4, -0.2) is 51.8 Å². The molecule has 1 fully saturated rings. The summed E-state index contributed by atoms with van der Waals surface area (Å²) in [6.07, 6.45) is 5.64. The van der Waals surface area contributed by atoms with Gasteiger partial charge in [0.05, 0.1) is 25.6 Å². The van der Waals surface area contributed by atoms with E-state index in [1.165, 1.54) is 55.9 Å². The summed E-state index contributed by atoms with van der Waals surface area (Å²) in [6.45, 7) is 10.5. The van der Waals surface area contributed by atoms with E-state index in [-0.39, 0.29) is 34.1 Å². The second-order valence-electron chi connectivity index (χ2n) is 8.92. The number of hydrogen-bond donors (Lipinski definition) is 1. The molecule has 1 aromatic carbocycles. The number of likely N-dealkylation sites (tertiary alicyclic amines) is 1. The van der Waals surface area contributed by atoms with Gasteiger partial charge in [-0.25, -0.2) is 18.7 Å². The Balaban J connectivity index is 0.000000406. The SMILES string of the molecule is CC.CC1CCCN(C)C1.CCCc1ccc(-c2nc(CO)c(Cl)n2-c2cnc(OC)c(F)c2)cc1F. The largest absolute Gasteiger partial charge is 0.479 e. The van der Waals surface area contributed by atoms with E-state index in [4.69, 9.17) is 16.3 Å². The summed E-state index contributed by atoms with van der Waals surface area (Å²) in [6, 6.07) is 5.95. The predicted octanol–water partition coefficient (Wildman–Crippen LogP) is 6.69. The molecule has 4 rings (SSSR count). The molecule has 1 aliphatic heterocycles. The molecular formula is C28H39ClF2N4O2. The standard InChI is InChI=1S/C19H18ClF2N3O2.C7H15N.C2H6/c1-3-4-11-5-6-12(7-14(11)21)18-24-16(10-26)17(20)25(18)13-8-15(22)19(27-2)23-9-13;1-7-4-3-5-8(2)6-7;1-2/h5-9,26H,3-4,10H2,1-2H3;7H,3-6H2,1-2H3;1-2H3. The lowest BCUT2D eigenvalue weighted by Gasteiger charge is -2.26. The zero-order valence-electron chi connectivity index (χ0n) is 22.7. The molecule has 0 radical (unpaired) electrons. The summed E-state index contributed by atoms with van der Waals surface area (Å²) in [7, 11) is 3.51. The maximum absolute atomic E-state index is 14.4. The molecule has 1 unspecified atom stereocenters. The third-order valence-corrected chi connectivity index (χ3v) is 6.36. The Bertz CT molecular complexity index is 1130. The van der Waals surface area contributed by atoms with Gasteiger partial charge in [-0.2, -0.15) is 0 Å². The molecule has 9 heteroatoms. The molecule has 0 amide bonds. The number of piperidine rings is 1. The number of ether oxygens (including phenoxy) is 1. The van der Waals surface area contributed by atoms with Crippen LogP contribution in [0, 0.1) is 17.6 Å². The van der Waals surface area contributed by atoms with Gasteiger partial charge in [0.15, 0.2) is 5.82 Å². The Morgan fingerprint density at radius 1 is 1.19 bits per heavy atom. The molecular weight excluding hydrogens is 498 g/mol. The monoisotopic (exact) mass is 536 g/mol. The Morgan fingerprint density at radius 2 is 1.92 bits per heavy atom. The number of aliphatic hydroxyl groups excluding tert-OH is 1. The molecule has 1 saturated heterocycles. The zero-order valence-corrected chi connectivity index (χ0v) is 23.4. The number of aromatic nitrogens is 3. The molecule has 1 atom stereocenters. The number of benzene rings is 1. The van der Waals surface area contributed by atoms with Gasteiger partial charge in [0.25, 0.3) is 0 Å². The minimum Gasteiger partial charge on any atom is -0.479 e. The summed E-state index contributed by atoms with van der Waals surface area (Å²) in [4.78, 5) is 10.6. The van der Waals surface area contributed by atoms with Crippen molar-refractivity contribution in [3.63, 3.8) is 0 Å². The van der Waals surface area contributed by atoms with Crippen molar-refractivity contribution in [1.29, 1.82) is 0 Å². The van der Waals surface area contributed by atoms with Gasteiger partial charge in [-0.3, -0.25) is 4.57 Å². The lowest BCUT2D eigenvalue weighted by Crippen LogP contribution is -2.30. The van der Waals surface area contributed by atoms with Crippen LogP contribution in [0.3, 0.4) is 0 Å². The third-order valence-electron chi connectivity index (χ3n) is 5.97. The van der Waals surface area contributed by atoms with Crippen molar-refractivity contribution >= 4 is 11.6 Å². The lowest BCUT2D eigenvalue weighted by atomic mass is 10.0. The van der Waals surface area contributed by atoms with Crippen LogP contribution in [0.4, 0.5) is 8.78 Å². The van der Waals surface area contributed by atoms with Gasteiger partial charge in [-0.15, -0.1) is 0 Å². The molecule has 2 aromatic heterocycles. The van der Waals surface area contributed by atoms with Crippen LogP contribution in [0.15, 0.2) is 30.5 Å². The molecule has 0 spiro atoms. The van der Waals surface area contributed by atoms with Crippen molar-refractivity contribution in [2.75, 3.05) is 27.2 Å². The first kappa shape index (κ1) is 30.7. The molecule has 1 aliphatic rings. The fraction of sp³-hybridized carbons (Fsp3) is 0.500. The number of rotatable bonds is 6. The summed E-state index contributed by atoms with van der Waals surface area (Å²) in [5.74, 6) is 0.0188. The van der Waals surface area contributed by atoms with E-state index in [0.717, 1.165) is 12.3 Å². The first-order valence-electron chi connectivity index (χ1n) is 12.8. The van der Waals surface area contributed by atoms with Gasteiger partial charge in [-0.1, -0.05) is 57.8 Å². The number of pyridine rings is 1.